The van der Waals surface area contributed by atoms with Crippen molar-refractivity contribution in [3.05, 3.63) is 42.7 Å². The quantitative estimate of drug-likeness (QED) is 0.637. The zero-order valence-corrected chi connectivity index (χ0v) is 14.3. The number of rotatable bonds is 6. The van der Waals surface area contributed by atoms with Crippen molar-refractivity contribution in [1.29, 1.82) is 0 Å². The van der Waals surface area contributed by atoms with Crippen LogP contribution in [-0.4, -0.2) is 44.9 Å². The van der Waals surface area contributed by atoms with E-state index in [1.54, 1.807) is 18.5 Å². The standard InChI is InChI=1S/C18H22N6O/c1-3-13(19)11-24(2)17-7-8-20-18(22-17)14-10-12(4-5-16(14)25)15-6-9-21-23-15/h4-10,13,25H,3,11,19H2,1-2H3,(H,21,23). The summed E-state index contributed by atoms with van der Waals surface area (Å²) in [4.78, 5) is 10.9. The highest BCUT2D eigenvalue weighted by Crippen LogP contribution is 2.31. The first-order valence-electron chi connectivity index (χ1n) is 8.21. The lowest BCUT2D eigenvalue weighted by molar-refractivity contribution is 0.477. The van der Waals surface area contributed by atoms with Crippen LogP contribution < -0.4 is 10.6 Å². The summed E-state index contributed by atoms with van der Waals surface area (Å²) in [5, 5.41) is 17.2. The Labute approximate surface area is 146 Å². The van der Waals surface area contributed by atoms with Crippen molar-refractivity contribution in [2.24, 2.45) is 5.73 Å². The van der Waals surface area contributed by atoms with Gasteiger partial charge in [-0.05, 0) is 36.8 Å². The maximum absolute atomic E-state index is 10.3. The number of H-pyrrole nitrogens is 1. The summed E-state index contributed by atoms with van der Waals surface area (Å²) < 4.78 is 0. The van der Waals surface area contributed by atoms with Gasteiger partial charge in [0.15, 0.2) is 5.82 Å². The average molecular weight is 338 g/mol. The third-order valence-corrected chi connectivity index (χ3v) is 4.10. The Kier molecular flexibility index (Phi) is 4.95. The van der Waals surface area contributed by atoms with Gasteiger partial charge in [-0.2, -0.15) is 5.10 Å². The number of likely N-dealkylation sites (N-methyl/N-ethyl adjacent to an activating group) is 1. The number of phenolic OH excluding ortho intramolecular Hbond substituents is 1. The molecule has 4 N–H and O–H groups in total. The minimum Gasteiger partial charge on any atom is -0.507 e. The first-order valence-corrected chi connectivity index (χ1v) is 8.21. The van der Waals surface area contributed by atoms with Gasteiger partial charge in [0.05, 0.1) is 11.3 Å². The van der Waals surface area contributed by atoms with Crippen LogP contribution in [0.2, 0.25) is 0 Å². The van der Waals surface area contributed by atoms with Gasteiger partial charge in [0.25, 0.3) is 0 Å². The van der Waals surface area contributed by atoms with E-state index in [4.69, 9.17) is 5.73 Å². The molecule has 1 aromatic carbocycles. The van der Waals surface area contributed by atoms with Crippen LogP contribution in [0.1, 0.15) is 13.3 Å². The fourth-order valence-electron chi connectivity index (χ4n) is 2.56. The summed E-state index contributed by atoms with van der Waals surface area (Å²) >= 11 is 0. The lowest BCUT2D eigenvalue weighted by Crippen LogP contribution is -2.35. The van der Waals surface area contributed by atoms with Crippen LogP contribution in [0.25, 0.3) is 22.6 Å². The number of nitrogens with two attached hydrogens (primary N) is 1. The Morgan fingerprint density at radius 1 is 1.28 bits per heavy atom. The van der Waals surface area contributed by atoms with Gasteiger partial charge >= 0.3 is 0 Å². The van der Waals surface area contributed by atoms with Gasteiger partial charge < -0.3 is 15.7 Å². The fraction of sp³-hybridized carbons (Fsp3) is 0.278. The van der Waals surface area contributed by atoms with E-state index in [-0.39, 0.29) is 11.8 Å². The smallest absolute Gasteiger partial charge is 0.165 e. The highest BCUT2D eigenvalue weighted by molar-refractivity contribution is 5.73. The molecule has 0 bridgehead atoms. The molecule has 0 radical (unpaired) electrons. The first kappa shape index (κ1) is 16.9. The largest absolute Gasteiger partial charge is 0.507 e. The topological polar surface area (TPSA) is 104 Å². The average Bonchev–Trinajstić information content (AvgIpc) is 3.16. The van der Waals surface area contributed by atoms with Crippen molar-refractivity contribution in [3.8, 4) is 28.4 Å². The number of benzene rings is 1. The number of nitrogens with zero attached hydrogens (tertiary/aromatic N) is 4. The molecular formula is C18H22N6O. The molecule has 1 atom stereocenters. The van der Waals surface area contributed by atoms with E-state index in [9.17, 15) is 5.11 Å². The molecule has 1 unspecified atom stereocenters. The van der Waals surface area contributed by atoms with Gasteiger partial charge in [0, 0.05) is 37.6 Å². The molecule has 7 nitrogen and oxygen atoms in total. The molecule has 0 saturated carbocycles. The Morgan fingerprint density at radius 2 is 2.12 bits per heavy atom. The van der Waals surface area contributed by atoms with Crippen LogP contribution >= 0.6 is 0 Å². The monoisotopic (exact) mass is 338 g/mol. The van der Waals surface area contributed by atoms with Crippen molar-refractivity contribution in [2.75, 3.05) is 18.5 Å². The van der Waals surface area contributed by atoms with Crippen molar-refractivity contribution in [1.82, 2.24) is 20.2 Å². The molecule has 0 amide bonds. The van der Waals surface area contributed by atoms with Gasteiger partial charge in [-0.25, -0.2) is 9.97 Å². The van der Waals surface area contributed by atoms with Crippen LogP contribution in [0.5, 0.6) is 5.75 Å². The third kappa shape index (κ3) is 3.77. The van der Waals surface area contributed by atoms with E-state index in [1.807, 2.05) is 36.2 Å². The van der Waals surface area contributed by atoms with E-state index in [0.29, 0.717) is 17.9 Å². The molecule has 0 aliphatic carbocycles. The van der Waals surface area contributed by atoms with E-state index in [2.05, 4.69) is 27.1 Å². The van der Waals surface area contributed by atoms with E-state index in [0.717, 1.165) is 23.5 Å². The lowest BCUT2D eigenvalue weighted by atomic mass is 10.1. The van der Waals surface area contributed by atoms with Crippen molar-refractivity contribution >= 4 is 5.82 Å². The molecule has 0 saturated heterocycles. The number of aromatic amines is 1. The number of aromatic nitrogens is 4. The number of phenols is 1. The number of hydrogen-bond acceptors (Lipinski definition) is 6. The Bertz CT molecular complexity index is 833. The van der Waals surface area contributed by atoms with Crippen molar-refractivity contribution in [3.63, 3.8) is 0 Å². The van der Waals surface area contributed by atoms with E-state index >= 15 is 0 Å². The van der Waals surface area contributed by atoms with Gasteiger partial charge in [0.1, 0.15) is 11.6 Å². The summed E-state index contributed by atoms with van der Waals surface area (Å²) in [7, 11) is 1.95. The fourth-order valence-corrected chi connectivity index (χ4v) is 2.56. The minimum absolute atomic E-state index is 0.0832. The molecule has 7 heteroatoms. The van der Waals surface area contributed by atoms with Gasteiger partial charge in [-0.15, -0.1) is 0 Å². The molecule has 0 spiro atoms. The van der Waals surface area contributed by atoms with Crippen LogP contribution in [0, 0.1) is 0 Å². The third-order valence-electron chi connectivity index (χ3n) is 4.10. The number of nitrogens with one attached hydrogen (secondary N) is 1. The van der Waals surface area contributed by atoms with Crippen molar-refractivity contribution < 1.29 is 5.11 Å². The SMILES string of the molecule is CCC(N)CN(C)c1ccnc(-c2cc(-c3cc[nH]n3)ccc2O)n1. The molecule has 0 aliphatic heterocycles. The molecule has 0 aliphatic rings. The number of anilines is 1. The summed E-state index contributed by atoms with van der Waals surface area (Å²) in [6.07, 6.45) is 4.34. The molecule has 2 aromatic heterocycles. The molecule has 2 heterocycles. The normalized spacial score (nSPS) is 12.1. The molecule has 3 aromatic rings. The number of hydrogen-bond donors (Lipinski definition) is 3. The van der Waals surface area contributed by atoms with Crippen LogP contribution in [0.15, 0.2) is 42.7 Å². The second kappa shape index (κ2) is 7.31. The summed E-state index contributed by atoms with van der Waals surface area (Å²) in [5.41, 5.74) is 8.26. The summed E-state index contributed by atoms with van der Waals surface area (Å²) in [5.74, 6) is 1.35. The van der Waals surface area contributed by atoms with Gasteiger partial charge in [-0.3, -0.25) is 5.10 Å². The lowest BCUT2D eigenvalue weighted by Gasteiger charge is -2.22. The van der Waals surface area contributed by atoms with E-state index < -0.39 is 0 Å². The summed E-state index contributed by atoms with van der Waals surface area (Å²) in [6, 6.07) is 9.06. The zero-order valence-electron chi connectivity index (χ0n) is 14.3. The first-order chi connectivity index (χ1) is 12.1. The van der Waals surface area contributed by atoms with Crippen LogP contribution in [0.3, 0.4) is 0 Å². The molecular weight excluding hydrogens is 316 g/mol. The minimum atomic E-state index is 0.0832. The maximum atomic E-state index is 10.3. The highest BCUT2D eigenvalue weighted by Gasteiger charge is 2.13. The summed E-state index contributed by atoms with van der Waals surface area (Å²) in [6.45, 7) is 2.76. The maximum Gasteiger partial charge on any atom is 0.165 e. The van der Waals surface area contributed by atoms with Crippen LogP contribution in [0.4, 0.5) is 5.82 Å². The second-order valence-corrected chi connectivity index (χ2v) is 5.98. The second-order valence-electron chi connectivity index (χ2n) is 5.98. The molecule has 130 valence electrons. The van der Waals surface area contributed by atoms with E-state index in [1.165, 1.54) is 0 Å². The molecule has 25 heavy (non-hydrogen) atoms. The molecule has 3 rings (SSSR count). The van der Waals surface area contributed by atoms with Gasteiger partial charge in [0.2, 0.25) is 0 Å². The highest BCUT2D eigenvalue weighted by atomic mass is 16.3. The van der Waals surface area contributed by atoms with Gasteiger partial charge in [-0.1, -0.05) is 6.92 Å². The molecule has 0 fully saturated rings. The zero-order chi connectivity index (χ0) is 17.8. The Balaban J connectivity index is 1.94. The van der Waals surface area contributed by atoms with Crippen molar-refractivity contribution in [2.45, 2.75) is 19.4 Å². The Morgan fingerprint density at radius 3 is 2.84 bits per heavy atom. The number of aromatic hydroxyl groups is 1. The predicted molar refractivity (Wildman–Crippen MR) is 98.3 cm³/mol. The predicted octanol–water partition coefficient (Wildman–Crippen LogP) is 2.41. The van der Waals surface area contributed by atoms with Crippen LogP contribution in [-0.2, 0) is 0 Å². The Hall–Kier alpha value is -2.93.